The van der Waals surface area contributed by atoms with Crippen molar-refractivity contribution in [3.63, 3.8) is 0 Å². The number of hydrogen-bond acceptors (Lipinski definition) is 11. The number of nitriles is 1. The average molecular weight is 525 g/mol. The fraction of sp³-hybridized carbons (Fsp3) is 0.545. The summed E-state index contributed by atoms with van der Waals surface area (Å²) in [6, 6.07) is 4.59. The zero-order valence-corrected chi connectivity index (χ0v) is 22.0. The lowest BCUT2D eigenvalue weighted by Crippen LogP contribution is -2.73. The molecule has 1 fully saturated rings. The van der Waals surface area contributed by atoms with Crippen molar-refractivity contribution in [3.05, 3.63) is 23.9 Å². The van der Waals surface area contributed by atoms with Crippen molar-refractivity contribution in [3.8, 4) is 11.9 Å². The first-order chi connectivity index (χ1) is 16.6. The van der Waals surface area contributed by atoms with Gasteiger partial charge in [0.15, 0.2) is 9.74 Å². The zero-order valence-electron chi connectivity index (χ0n) is 20.4. The van der Waals surface area contributed by atoms with Gasteiger partial charge in [-0.2, -0.15) is 5.26 Å². The first kappa shape index (κ1) is 28.3. The van der Waals surface area contributed by atoms with Crippen LogP contribution in [0, 0.1) is 11.3 Å². The van der Waals surface area contributed by atoms with Gasteiger partial charge in [0.1, 0.15) is 0 Å². The number of ether oxygens (including phenoxy) is 3. The zero-order chi connectivity index (χ0) is 26.4. The van der Waals surface area contributed by atoms with Crippen LogP contribution < -0.4 is 4.74 Å². The van der Waals surface area contributed by atoms with Crippen LogP contribution in [0.15, 0.2) is 18.3 Å². The number of rotatable bonds is 8. The van der Waals surface area contributed by atoms with E-state index in [4.69, 9.17) is 14.2 Å². The Morgan fingerprint density at radius 2 is 1.77 bits per heavy atom. The largest absolute Gasteiger partial charge is 0.481 e. The molecular weight excluding hydrogens is 496 g/mol. The summed E-state index contributed by atoms with van der Waals surface area (Å²) >= 11 is 1.09. The van der Waals surface area contributed by atoms with Crippen molar-refractivity contribution in [1.29, 1.82) is 5.26 Å². The van der Waals surface area contributed by atoms with Crippen LogP contribution in [0.3, 0.4) is 0 Å². The van der Waals surface area contributed by atoms with E-state index in [0.717, 1.165) is 4.90 Å². The lowest BCUT2D eigenvalue weighted by Gasteiger charge is -2.55. The van der Waals surface area contributed by atoms with E-state index >= 15 is 0 Å². The van der Waals surface area contributed by atoms with Gasteiger partial charge in [0, 0.05) is 32.2 Å². The highest BCUT2D eigenvalue weighted by atomic mass is 32.2. The molecule has 3 atom stereocenters. The number of hydrogen-bond donors (Lipinski definition) is 0. The van der Waals surface area contributed by atoms with Crippen LogP contribution in [0.1, 0.15) is 44.7 Å². The molecular formula is C22H28N4O7S2. The van der Waals surface area contributed by atoms with E-state index < -0.39 is 38.2 Å². The third kappa shape index (κ3) is 5.33. The van der Waals surface area contributed by atoms with E-state index in [9.17, 15) is 24.4 Å². The molecule has 1 unspecified atom stereocenters. The molecule has 11 nitrogen and oxygen atoms in total. The van der Waals surface area contributed by atoms with Gasteiger partial charge in [-0.25, -0.2) is 14.6 Å². The third-order valence-electron chi connectivity index (χ3n) is 5.78. The predicted molar refractivity (Wildman–Crippen MR) is 129 cm³/mol. The van der Waals surface area contributed by atoms with Crippen molar-refractivity contribution in [2.24, 2.45) is 0 Å². The molecule has 0 spiro atoms. The molecule has 2 amide bonds. The van der Waals surface area contributed by atoms with Crippen LogP contribution in [0.25, 0.3) is 0 Å². The van der Waals surface area contributed by atoms with E-state index in [1.54, 1.807) is 12.1 Å². The van der Waals surface area contributed by atoms with Crippen LogP contribution in [0.4, 0.5) is 9.59 Å². The summed E-state index contributed by atoms with van der Waals surface area (Å²) in [4.78, 5) is 56.1. The molecule has 13 heteroatoms. The Morgan fingerprint density at radius 3 is 2.26 bits per heavy atom. The first-order valence-electron chi connectivity index (χ1n) is 10.6. The normalized spacial score (nSPS) is 22.9. The van der Waals surface area contributed by atoms with Crippen molar-refractivity contribution in [2.45, 2.75) is 48.9 Å². The molecule has 0 saturated carbocycles. The fourth-order valence-corrected chi connectivity index (χ4v) is 5.76. The van der Waals surface area contributed by atoms with Gasteiger partial charge in [-0.1, -0.05) is 13.0 Å². The minimum absolute atomic E-state index is 0.120. The quantitative estimate of drug-likeness (QED) is 0.461. The number of likely N-dealkylation sites (N-methyl/N-ethyl adjacent to an activating group) is 1. The summed E-state index contributed by atoms with van der Waals surface area (Å²) in [6.45, 7) is 3.26. The fourth-order valence-electron chi connectivity index (χ4n) is 3.85. The average Bonchev–Trinajstić information content (AvgIpc) is 2.87. The SMILES string of the molecule is CC[C@H](c1ccc(OC)nc1)N1C(=O)[C@](C)(SC(=O)OC)N(C)C(=O)C1(CCC#N)SC(=O)OC. The highest BCUT2D eigenvalue weighted by Gasteiger charge is 2.64. The van der Waals surface area contributed by atoms with E-state index in [1.807, 2.05) is 13.0 Å². The Balaban J connectivity index is 2.80. The monoisotopic (exact) mass is 524 g/mol. The molecule has 35 heavy (non-hydrogen) atoms. The Labute approximate surface area is 212 Å². The Kier molecular flexibility index (Phi) is 9.39. The summed E-state index contributed by atoms with van der Waals surface area (Å²) in [6.07, 6.45) is 1.60. The second kappa shape index (κ2) is 11.6. The van der Waals surface area contributed by atoms with Gasteiger partial charge in [-0.3, -0.25) is 9.59 Å². The summed E-state index contributed by atoms with van der Waals surface area (Å²) in [5.74, 6) is -0.872. The van der Waals surface area contributed by atoms with Gasteiger partial charge in [0.2, 0.25) is 5.88 Å². The van der Waals surface area contributed by atoms with Crippen LogP contribution in [0.5, 0.6) is 5.88 Å². The first-order valence-corrected chi connectivity index (χ1v) is 12.2. The van der Waals surface area contributed by atoms with Gasteiger partial charge >= 0.3 is 10.6 Å². The standard InChI is InChI=1S/C22H28N4O7S2/c1-7-15(14-9-10-16(31-4)24-13-14)26-17(27)21(2,34-19(29)32-5)25(3)18(28)22(26,11-8-12-23)35-20(30)33-6/h9-10,13,15H,7-8,11H2,1-6H3/t15-,21+,22?/m1/s1. The van der Waals surface area contributed by atoms with E-state index in [-0.39, 0.29) is 12.8 Å². The van der Waals surface area contributed by atoms with Crippen molar-refractivity contribution in [2.75, 3.05) is 28.4 Å². The summed E-state index contributed by atoms with van der Waals surface area (Å²) < 4.78 is 14.7. The molecule has 190 valence electrons. The summed E-state index contributed by atoms with van der Waals surface area (Å²) in [5, 5.41) is 7.78. The molecule has 1 aliphatic heterocycles. The maximum Gasteiger partial charge on any atom is 0.369 e. The van der Waals surface area contributed by atoms with Crippen LogP contribution >= 0.6 is 23.5 Å². The molecule has 0 radical (unpaired) electrons. The second-order valence-electron chi connectivity index (χ2n) is 7.64. The molecule has 1 aliphatic rings. The number of methoxy groups -OCH3 is 3. The van der Waals surface area contributed by atoms with Crippen molar-refractivity contribution < 1.29 is 33.4 Å². The van der Waals surface area contributed by atoms with Gasteiger partial charge in [-0.05, 0) is 42.4 Å². The number of thioether (sulfide) groups is 2. The highest BCUT2D eigenvalue weighted by molar-refractivity contribution is 8.15. The molecule has 0 bridgehead atoms. The number of nitrogens with zero attached hydrogens (tertiary/aromatic N) is 4. The molecule has 0 N–H and O–H groups in total. The van der Waals surface area contributed by atoms with Gasteiger partial charge in [0.05, 0.1) is 33.4 Å². The summed E-state index contributed by atoms with van der Waals surface area (Å²) in [5.41, 5.74) is 0.580. The number of piperazine rings is 1. The molecule has 1 aromatic rings. The Bertz CT molecular complexity index is 1020. The Morgan fingerprint density at radius 1 is 1.14 bits per heavy atom. The molecule has 1 aromatic heterocycles. The topological polar surface area (TPSA) is 139 Å². The van der Waals surface area contributed by atoms with E-state index in [0.29, 0.717) is 41.4 Å². The van der Waals surface area contributed by atoms with Crippen molar-refractivity contribution in [1.82, 2.24) is 14.8 Å². The number of carbonyl (C=O) groups is 4. The predicted octanol–water partition coefficient (Wildman–Crippen LogP) is 3.56. The van der Waals surface area contributed by atoms with Gasteiger partial charge < -0.3 is 24.0 Å². The third-order valence-corrected chi connectivity index (χ3v) is 8.20. The number of aromatic nitrogens is 1. The van der Waals surface area contributed by atoms with Crippen LogP contribution in [-0.2, 0) is 19.1 Å². The smallest absolute Gasteiger partial charge is 0.369 e. The molecule has 1 saturated heterocycles. The van der Waals surface area contributed by atoms with E-state index in [2.05, 4.69) is 4.98 Å². The number of carbonyl (C=O) groups excluding carboxylic acids is 4. The maximum atomic E-state index is 14.2. The Hall–Kier alpha value is -2.98. The lowest BCUT2D eigenvalue weighted by molar-refractivity contribution is -0.167. The van der Waals surface area contributed by atoms with Crippen LogP contribution in [0.2, 0.25) is 0 Å². The summed E-state index contributed by atoms with van der Waals surface area (Å²) in [7, 11) is 5.19. The lowest BCUT2D eigenvalue weighted by atomic mass is 9.94. The number of amides is 2. The minimum Gasteiger partial charge on any atom is -0.481 e. The maximum absolute atomic E-state index is 14.2. The van der Waals surface area contributed by atoms with E-state index in [1.165, 1.54) is 46.4 Å². The minimum atomic E-state index is -1.80. The van der Waals surface area contributed by atoms with Gasteiger partial charge in [-0.15, -0.1) is 0 Å². The molecule has 2 rings (SSSR count). The number of pyridine rings is 1. The van der Waals surface area contributed by atoms with Crippen molar-refractivity contribution >= 4 is 45.9 Å². The molecule has 0 aliphatic carbocycles. The molecule has 0 aromatic carbocycles. The van der Waals surface area contributed by atoms with Gasteiger partial charge in [0.25, 0.3) is 11.8 Å². The van der Waals surface area contributed by atoms with Crippen LogP contribution in [-0.4, -0.2) is 75.3 Å². The second-order valence-corrected chi connectivity index (χ2v) is 10.2. The molecule has 2 heterocycles. The highest BCUT2D eigenvalue weighted by Crippen LogP contribution is 2.51.